The van der Waals surface area contributed by atoms with Gasteiger partial charge in [-0.1, -0.05) is 30.7 Å². The predicted octanol–water partition coefficient (Wildman–Crippen LogP) is 2.83. The second-order valence-electron chi connectivity index (χ2n) is 5.23. The molecule has 5 heteroatoms. The molecule has 2 N–H and O–H groups in total. The van der Waals surface area contributed by atoms with Crippen molar-refractivity contribution in [2.45, 2.75) is 38.3 Å². The molecule has 5 nitrogen and oxygen atoms in total. The number of hydrogen-bond donors (Lipinski definition) is 2. The maximum absolute atomic E-state index is 5.21. The zero-order chi connectivity index (χ0) is 13.8. The fourth-order valence-electron chi connectivity index (χ4n) is 2.42. The number of nitrogens with zero attached hydrogens (tertiary/aromatic N) is 2. The molecule has 1 aliphatic rings. The van der Waals surface area contributed by atoms with Gasteiger partial charge in [0, 0.05) is 19.6 Å². The van der Waals surface area contributed by atoms with Gasteiger partial charge in [-0.05, 0) is 24.0 Å². The number of hydrogen-bond acceptors (Lipinski definition) is 4. The third-order valence-electron chi connectivity index (χ3n) is 3.85. The lowest BCUT2D eigenvalue weighted by molar-refractivity contribution is 0.184. The molecule has 1 fully saturated rings. The van der Waals surface area contributed by atoms with Crippen LogP contribution in [-0.2, 0) is 17.9 Å². The van der Waals surface area contributed by atoms with Crippen molar-refractivity contribution in [1.29, 1.82) is 0 Å². The third-order valence-corrected chi connectivity index (χ3v) is 3.85. The van der Waals surface area contributed by atoms with Gasteiger partial charge >= 0.3 is 0 Å². The molecule has 1 aliphatic carbocycles. The molecule has 1 saturated carbocycles. The van der Waals surface area contributed by atoms with Gasteiger partial charge in [-0.3, -0.25) is 5.10 Å². The molecule has 1 aromatic heterocycles. The van der Waals surface area contributed by atoms with E-state index in [1.807, 2.05) is 12.1 Å². The van der Waals surface area contributed by atoms with Crippen LogP contribution in [0.1, 0.15) is 42.1 Å². The van der Waals surface area contributed by atoms with Gasteiger partial charge in [-0.15, -0.1) is 5.10 Å². The van der Waals surface area contributed by atoms with Crippen LogP contribution in [0.25, 0.3) is 0 Å². The summed E-state index contributed by atoms with van der Waals surface area (Å²) in [6.45, 7) is 1.33. The molecular weight excluding hydrogens is 252 g/mol. The van der Waals surface area contributed by atoms with E-state index < -0.39 is 0 Å². The Labute approximate surface area is 118 Å². The van der Waals surface area contributed by atoms with E-state index in [-0.39, 0.29) is 0 Å². The number of aromatic amines is 1. The van der Waals surface area contributed by atoms with Gasteiger partial charge in [0.1, 0.15) is 5.82 Å². The van der Waals surface area contributed by atoms with E-state index in [9.17, 15) is 0 Å². The number of H-pyrrole nitrogens is 1. The molecule has 106 valence electrons. The minimum atomic E-state index is 0.582. The van der Waals surface area contributed by atoms with Crippen molar-refractivity contribution in [2.24, 2.45) is 0 Å². The van der Waals surface area contributed by atoms with E-state index >= 15 is 0 Å². The lowest BCUT2D eigenvalue weighted by atomic mass is 9.85. The third kappa shape index (κ3) is 2.82. The first-order valence-electron chi connectivity index (χ1n) is 7.08. The van der Waals surface area contributed by atoms with Crippen molar-refractivity contribution in [2.75, 3.05) is 12.4 Å². The Morgan fingerprint density at radius 2 is 2.10 bits per heavy atom. The van der Waals surface area contributed by atoms with Crippen molar-refractivity contribution in [1.82, 2.24) is 15.2 Å². The number of nitrogens with one attached hydrogen (secondary N) is 2. The summed E-state index contributed by atoms with van der Waals surface area (Å²) in [7, 11) is 1.71. The van der Waals surface area contributed by atoms with Crippen LogP contribution in [0.5, 0.6) is 0 Å². The van der Waals surface area contributed by atoms with Crippen LogP contribution in [0.3, 0.4) is 0 Å². The highest BCUT2D eigenvalue weighted by Gasteiger charge is 2.22. The van der Waals surface area contributed by atoms with Crippen molar-refractivity contribution in [3.8, 4) is 0 Å². The molecular formula is C15H20N4O. The average molecular weight is 272 g/mol. The molecule has 1 heterocycles. The SMILES string of the molecule is COCc1ccccc1CNc1n[nH]c(C2CCC2)n1. The molecule has 0 atom stereocenters. The maximum Gasteiger partial charge on any atom is 0.242 e. The molecule has 0 bridgehead atoms. The molecule has 0 saturated heterocycles. The summed E-state index contributed by atoms with van der Waals surface area (Å²) in [6, 6.07) is 8.24. The summed E-state index contributed by atoms with van der Waals surface area (Å²) in [5, 5.41) is 10.5. The number of methoxy groups -OCH3 is 1. The topological polar surface area (TPSA) is 62.8 Å². The van der Waals surface area contributed by atoms with Crippen molar-refractivity contribution < 1.29 is 4.74 Å². The number of aromatic nitrogens is 3. The van der Waals surface area contributed by atoms with Crippen molar-refractivity contribution in [3.63, 3.8) is 0 Å². The van der Waals surface area contributed by atoms with Crippen LogP contribution in [0.4, 0.5) is 5.95 Å². The maximum atomic E-state index is 5.21. The lowest BCUT2D eigenvalue weighted by Gasteiger charge is -2.22. The monoisotopic (exact) mass is 272 g/mol. The number of anilines is 1. The molecule has 0 aliphatic heterocycles. The first kappa shape index (κ1) is 13.1. The van der Waals surface area contributed by atoms with Crippen molar-refractivity contribution >= 4 is 5.95 Å². The molecule has 0 amide bonds. The second kappa shape index (κ2) is 6.05. The van der Waals surface area contributed by atoms with E-state index in [4.69, 9.17) is 4.74 Å². The van der Waals surface area contributed by atoms with Gasteiger partial charge in [0.2, 0.25) is 5.95 Å². The molecule has 0 radical (unpaired) electrons. The smallest absolute Gasteiger partial charge is 0.242 e. The summed E-state index contributed by atoms with van der Waals surface area (Å²) in [5.41, 5.74) is 2.40. The summed E-state index contributed by atoms with van der Waals surface area (Å²) >= 11 is 0. The lowest BCUT2D eigenvalue weighted by Crippen LogP contribution is -2.10. The Morgan fingerprint density at radius 3 is 2.80 bits per heavy atom. The van der Waals surface area contributed by atoms with Crippen molar-refractivity contribution in [3.05, 3.63) is 41.2 Å². The zero-order valence-electron chi connectivity index (χ0n) is 11.7. The van der Waals surface area contributed by atoms with Gasteiger partial charge in [-0.2, -0.15) is 4.98 Å². The Kier molecular flexibility index (Phi) is 3.97. The summed E-state index contributed by atoms with van der Waals surface area (Å²) in [4.78, 5) is 4.51. The highest BCUT2D eigenvalue weighted by atomic mass is 16.5. The van der Waals surface area contributed by atoms with Crippen LogP contribution in [0.15, 0.2) is 24.3 Å². The van der Waals surface area contributed by atoms with Crippen LogP contribution < -0.4 is 5.32 Å². The van der Waals surface area contributed by atoms with E-state index in [0.717, 1.165) is 5.82 Å². The molecule has 2 aromatic rings. The zero-order valence-corrected chi connectivity index (χ0v) is 11.7. The van der Waals surface area contributed by atoms with Crippen LogP contribution in [0.2, 0.25) is 0 Å². The normalized spacial score (nSPS) is 15.1. The van der Waals surface area contributed by atoms with Gasteiger partial charge in [-0.25, -0.2) is 0 Å². The molecule has 1 aromatic carbocycles. The number of ether oxygens (including phenoxy) is 1. The van der Waals surface area contributed by atoms with Gasteiger partial charge in [0.25, 0.3) is 0 Å². The molecule has 0 spiro atoms. The fraction of sp³-hybridized carbons (Fsp3) is 0.467. The first-order chi connectivity index (χ1) is 9.86. The Balaban J connectivity index is 1.62. The second-order valence-corrected chi connectivity index (χ2v) is 5.23. The van der Waals surface area contributed by atoms with Gasteiger partial charge < -0.3 is 10.1 Å². The molecule has 3 rings (SSSR count). The highest BCUT2D eigenvalue weighted by Crippen LogP contribution is 2.34. The Hall–Kier alpha value is -1.88. The van der Waals surface area contributed by atoms with Gasteiger partial charge in [0.05, 0.1) is 6.61 Å². The number of rotatable bonds is 6. The van der Waals surface area contributed by atoms with E-state index in [1.54, 1.807) is 7.11 Å². The quantitative estimate of drug-likeness (QED) is 0.848. The number of benzene rings is 1. The predicted molar refractivity (Wildman–Crippen MR) is 77.5 cm³/mol. The first-order valence-corrected chi connectivity index (χ1v) is 7.08. The summed E-state index contributed by atoms with van der Waals surface area (Å²) in [5.74, 6) is 2.28. The Morgan fingerprint density at radius 1 is 1.30 bits per heavy atom. The fourth-order valence-corrected chi connectivity index (χ4v) is 2.42. The van der Waals surface area contributed by atoms with Crippen LogP contribution in [-0.4, -0.2) is 22.3 Å². The van der Waals surface area contributed by atoms with E-state index in [0.29, 0.717) is 25.0 Å². The Bertz CT molecular complexity index is 563. The largest absolute Gasteiger partial charge is 0.380 e. The standard InChI is InChI=1S/C15H20N4O/c1-20-10-13-6-3-2-5-12(13)9-16-15-17-14(18-19-15)11-7-4-8-11/h2-3,5-6,11H,4,7-10H2,1H3,(H2,16,17,18,19). The minimum Gasteiger partial charge on any atom is -0.380 e. The highest BCUT2D eigenvalue weighted by molar-refractivity contribution is 5.32. The van der Waals surface area contributed by atoms with Gasteiger partial charge in [0.15, 0.2) is 0 Å². The summed E-state index contributed by atoms with van der Waals surface area (Å²) in [6.07, 6.45) is 3.76. The summed E-state index contributed by atoms with van der Waals surface area (Å²) < 4.78 is 5.21. The minimum absolute atomic E-state index is 0.582. The molecule has 0 unspecified atom stereocenters. The van der Waals surface area contributed by atoms with E-state index in [2.05, 4.69) is 32.6 Å². The van der Waals surface area contributed by atoms with Crippen LogP contribution >= 0.6 is 0 Å². The molecule has 20 heavy (non-hydrogen) atoms. The van der Waals surface area contributed by atoms with E-state index in [1.165, 1.54) is 30.4 Å². The average Bonchev–Trinajstić information content (AvgIpc) is 2.84. The van der Waals surface area contributed by atoms with Crippen LogP contribution in [0, 0.1) is 0 Å².